The molecule has 1 heterocycles. The lowest BCUT2D eigenvalue weighted by molar-refractivity contribution is -0.651. The van der Waals surface area contributed by atoms with Gasteiger partial charge in [-0.2, -0.15) is 4.57 Å². The third-order valence-corrected chi connectivity index (χ3v) is 3.29. The zero-order valence-corrected chi connectivity index (χ0v) is 11.7. The predicted octanol–water partition coefficient (Wildman–Crippen LogP) is 2.16. The molecule has 0 fully saturated rings. The van der Waals surface area contributed by atoms with Crippen molar-refractivity contribution in [1.29, 1.82) is 0 Å². The maximum absolute atomic E-state index is 11.9. The summed E-state index contributed by atoms with van der Waals surface area (Å²) in [5.41, 5.74) is 2.49. The highest BCUT2D eigenvalue weighted by atomic mass is 16.5. The second kappa shape index (κ2) is 5.26. The lowest BCUT2D eigenvalue weighted by Gasteiger charge is -2.07. The van der Waals surface area contributed by atoms with Gasteiger partial charge in [0.2, 0.25) is 5.52 Å². The Morgan fingerprint density at radius 3 is 2.68 bits per heavy atom. The van der Waals surface area contributed by atoms with Gasteiger partial charge in [0.15, 0.2) is 5.69 Å². The summed E-state index contributed by atoms with van der Waals surface area (Å²) in [6.07, 6.45) is 0. The van der Waals surface area contributed by atoms with Gasteiger partial charge in [-0.25, -0.2) is 4.79 Å². The van der Waals surface area contributed by atoms with Gasteiger partial charge in [0, 0.05) is 12.3 Å². The Morgan fingerprint density at radius 1 is 1.32 bits per heavy atom. The van der Waals surface area contributed by atoms with E-state index in [1.165, 1.54) is 0 Å². The molecule has 0 radical (unpaired) electrons. The number of carbonyl (C=O) groups is 1. The molecule has 0 aliphatic rings. The molecule has 2 aromatic rings. The molecule has 0 amide bonds. The Morgan fingerprint density at radius 2 is 2.05 bits per heavy atom. The number of methoxy groups -OCH3 is 1. The molecule has 4 nitrogen and oxygen atoms in total. The SMILES string of the molecule is CCOC(=O)c1cc2ccc(OC)cc2[n+](C)c1C. The van der Waals surface area contributed by atoms with Crippen molar-refractivity contribution in [3.8, 4) is 5.75 Å². The summed E-state index contributed by atoms with van der Waals surface area (Å²) in [4.78, 5) is 11.9. The van der Waals surface area contributed by atoms with Gasteiger partial charge in [-0.3, -0.25) is 0 Å². The van der Waals surface area contributed by atoms with Crippen LogP contribution in [0.5, 0.6) is 5.75 Å². The molecule has 0 aliphatic heterocycles. The number of pyridine rings is 1. The third-order valence-electron chi connectivity index (χ3n) is 3.29. The second-order valence-electron chi connectivity index (χ2n) is 4.35. The first-order valence-electron chi connectivity index (χ1n) is 6.23. The van der Waals surface area contributed by atoms with Crippen LogP contribution in [0.15, 0.2) is 24.3 Å². The number of rotatable bonds is 3. The monoisotopic (exact) mass is 260 g/mol. The van der Waals surface area contributed by atoms with Gasteiger partial charge in [0.05, 0.1) is 19.8 Å². The van der Waals surface area contributed by atoms with Crippen molar-refractivity contribution in [1.82, 2.24) is 0 Å². The number of hydrogen-bond acceptors (Lipinski definition) is 3. The largest absolute Gasteiger partial charge is 0.497 e. The maximum Gasteiger partial charge on any atom is 0.344 e. The quantitative estimate of drug-likeness (QED) is 0.627. The summed E-state index contributed by atoms with van der Waals surface area (Å²) < 4.78 is 12.3. The first-order valence-corrected chi connectivity index (χ1v) is 6.23. The van der Waals surface area contributed by atoms with Crippen LogP contribution in [0.25, 0.3) is 10.9 Å². The molecule has 2 rings (SSSR count). The molecule has 0 bridgehead atoms. The van der Waals surface area contributed by atoms with E-state index in [0.717, 1.165) is 22.3 Å². The Bertz CT molecular complexity index is 635. The van der Waals surface area contributed by atoms with Crippen LogP contribution in [-0.4, -0.2) is 19.7 Å². The molecular weight excluding hydrogens is 242 g/mol. The topological polar surface area (TPSA) is 39.4 Å². The number of nitrogens with zero attached hydrogens (tertiary/aromatic N) is 1. The molecule has 4 heteroatoms. The van der Waals surface area contributed by atoms with Gasteiger partial charge in [-0.15, -0.1) is 0 Å². The van der Waals surface area contributed by atoms with Gasteiger partial charge in [-0.05, 0) is 25.1 Å². The van der Waals surface area contributed by atoms with E-state index in [0.29, 0.717) is 12.2 Å². The lowest BCUT2D eigenvalue weighted by Crippen LogP contribution is -2.35. The number of benzene rings is 1. The molecule has 0 aliphatic carbocycles. The van der Waals surface area contributed by atoms with E-state index in [9.17, 15) is 4.79 Å². The molecule has 1 aromatic heterocycles. The van der Waals surface area contributed by atoms with E-state index in [2.05, 4.69) is 0 Å². The van der Waals surface area contributed by atoms with Gasteiger partial charge in [-0.1, -0.05) is 0 Å². The molecule has 0 unspecified atom stereocenters. The van der Waals surface area contributed by atoms with E-state index < -0.39 is 0 Å². The van der Waals surface area contributed by atoms with E-state index in [1.54, 1.807) is 14.0 Å². The summed E-state index contributed by atoms with van der Waals surface area (Å²) in [6.45, 7) is 4.09. The Kier molecular flexibility index (Phi) is 3.69. The minimum atomic E-state index is -0.284. The van der Waals surface area contributed by atoms with Crippen molar-refractivity contribution < 1.29 is 18.8 Å². The standard InChI is InChI=1S/C15H18NO3/c1-5-19-15(17)13-8-11-6-7-12(18-4)9-14(11)16(3)10(13)2/h6-9H,5H2,1-4H3/q+1. The van der Waals surface area contributed by atoms with Crippen LogP contribution in [0.2, 0.25) is 0 Å². The fourth-order valence-electron chi connectivity index (χ4n) is 2.10. The zero-order chi connectivity index (χ0) is 14.0. The smallest absolute Gasteiger partial charge is 0.344 e. The van der Waals surface area contributed by atoms with Crippen LogP contribution in [0.1, 0.15) is 23.0 Å². The molecule has 0 spiro atoms. The molecule has 100 valence electrons. The number of fused-ring (bicyclic) bond motifs is 1. The first kappa shape index (κ1) is 13.3. The summed E-state index contributed by atoms with van der Waals surface area (Å²) in [5, 5.41) is 0.983. The third kappa shape index (κ3) is 2.38. The highest BCUT2D eigenvalue weighted by Crippen LogP contribution is 2.20. The molecule has 1 aromatic carbocycles. The van der Waals surface area contributed by atoms with Gasteiger partial charge >= 0.3 is 5.97 Å². The predicted molar refractivity (Wildman–Crippen MR) is 72.4 cm³/mol. The summed E-state index contributed by atoms with van der Waals surface area (Å²) in [6, 6.07) is 7.64. The highest BCUT2D eigenvalue weighted by molar-refractivity contribution is 5.94. The Balaban J connectivity index is 2.64. The average Bonchev–Trinajstić information content (AvgIpc) is 2.42. The normalized spacial score (nSPS) is 10.5. The van der Waals surface area contributed by atoms with Crippen LogP contribution in [0.3, 0.4) is 0 Å². The van der Waals surface area contributed by atoms with Crippen LogP contribution >= 0.6 is 0 Å². The fraction of sp³-hybridized carbons (Fsp3) is 0.333. The van der Waals surface area contributed by atoms with E-state index >= 15 is 0 Å². The maximum atomic E-state index is 11.9. The zero-order valence-electron chi connectivity index (χ0n) is 11.7. The number of hydrogen-bond donors (Lipinski definition) is 0. The van der Waals surface area contributed by atoms with Crippen molar-refractivity contribution in [2.75, 3.05) is 13.7 Å². The van der Waals surface area contributed by atoms with Gasteiger partial charge in [0.25, 0.3) is 0 Å². The molecule has 19 heavy (non-hydrogen) atoms. The number of ether oxygens (including phenoxy) is 2. The number of esters is 1. The van der Waals surface area contributed by atoms with E-state index in [4.69, 9.17) is 9.47 Å². The van der Waals surface area contributed by atoms with E-state index in [1.807, 2.05) is 42.8 Å². The lowest BCUT2D eigenvalue weighted by atomic mass is 10.1. The molecular formula is C15H18NO3+. The fourth-order valence-corrected chi connectivity index (χ4v) is 2.10. The minimum absolute atomic E-state index is 0.284. The van der Waals surface area contributed by atoms with Gasteiger partial charge in [0.1, 0.15) is 18.4 Å². The highest BCUT2D eigenvalue weighted by Gasteiger charge is 2.20. The second-order valence-corrected chi connectivity index (χ2v) is 4.35. The summed E-state index contributed by atoms with van der Waals surface area (Å²) in [5.74, 6) is 0.514. The number of carbonyl (C=O) groups excluding carboxylic acids is 1. The molecule has 0 saturated heterocycles. The Labute approximate surface area is 112 Å². The average molecular weight is 260 g/mol. The molecule has 0 saturated carbocycles. The number of aromatic nitrogens is 1. The van der Waals surface area contributed by atoms with Crippen LogP contribution < -0.4 is 9.30 Å². The number of aryl methyl sites for hydroxylation is 1. The minimum Gasteiger partial charge on any atom is -0.497 e. The Hall–Kier alpha value is -2.10. The van der Waals surface area contributed by atoms with Crippen LogP contribution in [0.4, 0.5) is 0 Å². The van der Waals surface area contributed by atoms with Crippen LogP contribution in [-0.2, 0) is 11.8 Å². The summed E-state index contributed by atoms with van der Waals surface area (Å²) in [7, 11) is 3.57. The van der Waals surface area contributed by atoms with Gasteiger partial charge < -0.3 is 9.47 Å². The van der Waals surface area contributed by atoms with Crippen molar-refractivity contribution in [3.05, 3.63) is 35.5 Å². The van der Waals surface area contributed by atoms with Crippen molar-refractivity contribution in [3.63, 3.8) is 0 Å². The first-order chi connectivity index (χ1) is 9.08. The van der Waals surface area contributed by atoms with Crippen molar-refractivity contribution in [2.45, 2.75) is 13.8 Å². The van der Waals surface area contributed by atoms with Crippen molar-refractivity contribution >= 4 is 16.9 Å². The summed E-state index contributed by atoms with van der Waals surface area (Å²) >= 11 is 0. The molecule has 0 N–H and O–H groups in total. The van der Waals surface area contributed by atoms with E-state index in [-0.39, 0.29) is 5.97 Å². The molecule has 0 atom stereocenters. The van der Waals surface area contributed by atoms with Crippen LogP contribution in [0, 0.1) is 6.92 Å². The van der Waals surface area contributed by atoms with Crippen molar-refractivity contribution in [2.24, 2.45) is 7.05 Å².